The topological polar surface area (TPSA) is 51.7 Å². The van der Waals surface area contributed by atoms with Crippen LogP contribution in [0.2, 0.25) is 5.15 Å². The average Bonchev–Trinajstić information content (AvgIpc) is 2.41. The van der Waals surface area contributed by atoms with E-state index in [1.165, 1.54) is 0 Å². The Morgan fingerprint density at radius 3 is 2.91 bits per heavy atom. The van der Waals surface area contributed by atoms with Gasteiger partial charge in [-0.3, -0.25) is 0 Å². The molecule has 0 aliphatic carbocycles. The van der Waals surface area contributed by atoms with Gasteiger partial charge in [-0.05, 0) is 49.5 Å². The largest absolute Gasteiger partial charge is 0.487 e. The molecule has 5 nitrogen and oxygen atoms in total. The highest BCUT2D eigenvalue weighted by Gasteiger charge is 2.28. The van der Waals surface area contributed by atoms with E-state index in [0.29, 0.717) is 24.0 Å². The number of carbonyl (C=O) groups excluding carboxylic acids is 1. The van der Waals surface area contributed by atoms with Gasteiger partial charge in [-0.25, -0.2) is 9.78 Å². The van der Waals surface area contributed by atoms with Crippen molar-refractivity contribution in [2.45, 2.75) is 45.3 Å². The number of piperidine rings is 1. The summed E-state index contributed by atoms with van der Waals surface area (Å²) >= 11 is 9.28. The molecule has 2 heterocycles. The zero-order valence-electron chi connectivity index (χ0n) is 12.9. The molecule has 2 rings (SSSR count). The Balaban J connectivity index is 1.98. The van der Waals surface area contributed by atoms with Gasteiger partial charge < -0.3 is 14.4 Å². The summed E-state index contributed by atoms with van der Waals surface area (Å²) in [7, 11) is 0. The third-order valence-corrected chi connectivity index (χ3v) is 3.91. The normalized spacial score (nSPS) is 19.0. The second kappa shape index (κ2) is 7.04. The van der Waals surface area contributed by atoms with Crippen molar-refractivity contribution in [3.63, 3.8) is 0 Å². The van der Waals surface area contributed by atoms with Crippen molar-refractivity contribution in [1.82, 2.24) is 9.88 Å². The second-order valence-corrected chi connectivity index (χ2v) is 7.49. The minimum atomic E-state index is -0.494. The van der Waals surface area contributed by atoms with Gasteiger partial charge in [0.25, 0.3) is 0 Å². The minimum absolute atomic E-state index is 0.0870. The van der Waals surface area contributed by atoms with Crippen LogP contribution < -0.4 is 4.74 Å². The minimum Gasteiger partial charge on any atom is -0.487 e. The number of aromatic nitrogens is 1. The molecular weight excluding hydrogens is 372 g/mol. The lowest BCUT2D eigenvalue weighted by Crippen LogP contribution is -2.46. The van der Waals surface area contributed by atoms with E-state index in [1.54, 1.807) is 17.2 Å². The maximum absolute atomic E-state index is 12.1. The molecule has 0 bridgehead atoms. The van der Waals surface area contributed by atoms with Crippen molar-refractivity contribution in [3.8, 4) is 5.75 Å². The van der Waals surface area contributed by atoms with Crippen LogP contribution in [0.3, 0.4) is 0 Å². The molecule has 7 heteroatoms. The molecule has 22 heavy (non-hydrogen) atoms. The summed E-state index contributed by atoms with van der Waals surface area (Å²) in [6, 6.07) is 1.66. The highest BCUT2D eigenvalue weighted by atomic mass is 79.9. The molecule has 1 fully saturated rings. The monoisotopic (exact) mass is 390 g/mol. The summed E-state index contributed by atoms with van der Waals surface area (Å²) in [5.74, 6) is 0.635. The molecule has 0 radical (unpaired) electrons. The van der Waals surface area contributed by atoms with E-state index >= 15 is 0 Å². The van der Waals surface area contributed by atoms with Gasteiger partial charge in [0.2, 0.25) is 0 Å². The fourth-order valence-corrected chi connectivity index (χ4v) is 2.65. The lowest BCUT2D eigenvalue weighted by atomic mass is 10.1. The predicted octanol–water partition coefficient (Wildman–Crippen LogP) is 4.28. The number of likely N-dealkylation sites (tertiary alicyclic amines) is 1. The van der Waals surface area contributed by atoms with Crippen LogP contribution in [0, 0.1) is 0 Å². The lowest BCUT2D eigenvalue weighted by molar-refractivity contribution is 0.00766. The molecule has 1 saturated heterocycles. The number of rotatable bonds is 2. The van der Waals surface area contributed by atoms with Crippen molar-refractivity contribution in [2.24, 2.45) is 0 Å². The number of pyridine rings is 1. The molecule has 1 atom stereocenters. The van der Waals surface area contributed by atoms with Crippen LogP contribution in [-0.2, 0) is 4.74 Å². The fraction of sp³-hybridized carbons (Fsp3) is 0.600. The quantitative estimate of drug-likeness (QED) is 0.706. The average molecular weight is 392 g/mol. The van der Waals surface area contributed by atoms with E-state index in [0.717, 1.165) is 17.3 Å². The summed E-state index contributed by atoms with van der Waals surface area (Å²) in [5.41, 5.74) is -0.494. The number of carbonyl (C=O) groups is 1. The summed E-state index contributed by atoms with van der Waals surface area (Å²) < 4.78 is 12.1. The van der Waals surface area contributed by atoms with Gasteiger partial charge in [-0.15, -0.1) is 0 Å². The molecule has 0 N–H and O–H groups in total. The van der Waals surface area contributed by atoms with E-state index in [2.05, 4.69) is 20.9 Å². The van der Waals surface area contributed by atoms with Gasteiger partial charge in [0.1, 0.15) is 22.6 Å². The highest BCUT2D eigenvalue weighted by molar-refractivity contribution is 9.10. The zero-order valence-corrected chi connectivity index (χ0v) is 15.3. The summed E-state index contributed by atoms with van der Waals surface area (Å²) in [6.07, 6.45) is 2.97. The highest BCUT2D eigenvalue weighted by Crippen LogP contribution is 2.29. The van der Waals surface area contributed by atoms with Crippen molar-refractivity contribution in [1.29, 1.82) is 0 Å². The molecule has 1 aliphatic rings. The number of amides is 1. The van der Waals surface area contributed by atoms with E-state index in [1.807, 2.05) is 20.8 Å². The Bertz CT molecular complexity index is 548. The molecule has 0 aromatic carbocycles. The summed E-state index contributed by atoms with van der Waals surface area (Å²) in [4.78, 5) is 17.8. The molecule has 1 aromatic heterocycles. The fourth-order valence-electron chi connectivity index (χ4n) is 2.19. The third kappa shape index (κ3) is 5.02. The standard InChI is InChI=1S/C15H20BrClN2O3/c1-15(2,3)22-14(20)19-6-4-5-10(9-19)21-12-7-13(17)18-8-11(12)16/h7-8,10H,4-6,9H2,1-3H3/t10-/m1/s1. The Kier molecular flexibility index (Phi) is 5.55. The van der Waals surface area contributed by atoms with Gasteiger partial charge >= 0.3 is 6.09 Å². The van der Waals surface area contributed by atoms with Crippen LogP contribution in [-0.4, -0.2) is 40.8 Å². The smallest absolute Gasteiger partial charge is 0.410 e. The number of ether oxygens (including phenoxy) is 2. The predicted molar refractivity (Wildman–Crippen MR) is 88.4 cm³/mol. The number of halogens is 2. The van der Waals surface area contributed by atoms with Crippen LogP contribution in [0.5, 0.6) is 5.75 Å². The molecule has 0 spiro atoms. The van der Waals surface area contributed by atoms with Crippen molar-refractivity contribution < 1.29 is 14.3 Å². The Labute approximate surface area is 144 Å². The first-order valence-electron chi connectivity index (χ1n) is 7.20. The van der Waals surface area contributed by atoms with Gasteiger partial charge in [-0.1, -0.05) is 11.6 Å². The second-order valence-electron chi connectivity index (χ2n) is 6.25. The first-order valence-corrected chi connectivity index (χ1v) is 8.37. The van der Waals surface area contributed by atoms with Crippen molar-refractivity contribution >= 4 is 33.6 Å². The first kappa shape index (κ1) is 17.3. The molecule has 1 aromatic rings. The van der Waals surface area contributed by atoms with Crippen LogP contribution in [0.15, 0.2) is 16.7 Å². The third-order valence-electron chi connectivity index (χ3n) is 3.11. The van der Waals surface area contributed by atoms with Gasteiger partial charge in [0.15, 0.2) is 0 Å². The van der Waals surface area contributed by atoms with Crippen LogP contribution in [0.25, 0.3) is 0 Å². The molecule has 1 aliphatic heterocycles. The molecule has 0 unspecified atom stereocenters. The maximum atomic E-state index is 12.1. The number of hydrogen-bond donors (Lipinski definition) is 0. The van der Waals surface area contributed by atoms with E-state index in [9.17, 15) is 4.79 Å². The van der Waals surface area contributed by atoms with Gasteiger partial charge in [0.05, 0.1) is 11.0 Å². The molecule has 1 amide bonds. The summed E-state index contributed by atoms with van der Waals surface area (Å²) in [5, 5.41) is 0.373. The number of hydrogen-bond acceptors (Lipinski definition) is 4. The Hall–Kier alpha value is -1.01. The van der Waals surface area contributed by atoms with Crippen LogP contribution in [0.1, 0.15) is 33.6 Å². The van der Waals surface area contributed by atoms with Crippen molar-refractivity contribution in [2.75, 3.05) is 13.1 Å². The lowest BCUT2D eigenvalue weighted by Gasteiger charge is -2.34. The molecule has 0 saturated carbocycles. The summed E-state index contributed by atoms with van der Waals surface area (Å²) in [6.45, 7) is 6.77. The Morgan fingerprint density at radius 1 is 1.50 bits per heavy atom. The van der Waals surface area contributed by atoms with Crippen LogP contribution >= 0.6 is 27.5 Å². The maximum Gasteiger partial charge on any atom is 0.410 e. The van der Waals surface area contributed by atoms with Gasteiger partial charge in [0, 0.05) is 18.8 Å². The zero-order chi connectivity index (χ0) is 16.3. The molecule has 122 valence electrons. The molecular formula is C15H20BrClN2O3. The van der Waals surface area contributed by atoms with E-state index < -0.39 is 5.60 Å². The SMILES string of the molecule is CC(C)(C)OC(=O)N1CCC[C@@H](Oc2cc(Cl)ncc2Br)C1. The van der Waals surface area contributed by atoms with Gasteiger partial charge in [-0.2, -0.15) is 0 Å². The number of nitrogens with zero attached hydrogens (tertiary/aromatic N) is 2. The van der Waals surface area contributed by atoms with Crippen LogP contribution in [0.4, 0.5) is 4.79 Å². The Morgan fingerprint density at radius 2 is 2.23 bits per heavy atom. The van der Waals surface area contributed by atoms with Crippen molar-refractivity contribution in [3.05, 3.63) is 21.9 Å². The van der Waals surface area contributed by atoms with E-state index in [4.69, 9.17) is 21.1 Å². The first-order chi connectivity index (χ1) is 10.2. The van der Waals surface area contributed by atoms with E-state index in [-0.39, 0.29) is 12.2 Å².